The molecule has 0 spiro atoms. The Labute approximate surface area is 307 Å². The van der Waals surface area contributed by atoms with Crippen molar-refractivity contribution in [3.8, 4) is 0 Å². The summed E-state index contributed by atoms with van der Waals surface area (Å²) in [6.45, 7) is 0.555. The zero-order valence-electron chi connectivity index (χ0n) is 28.3. The molecule has 0 radical (unpaired) electrons. The van der Waals surface area contributed by atoms with Gasteiger partial charge in [-0.3, -0.25) is 13.9 Å². The number of nitrogens with one attached hydrogen (secondary N) is 3. The van der Waals surface area contributed by atoms with Crippen LogP contribution in [0.5, 0.6) is 0 Å². The Balaban J connectivity index is 0.000000324. The molecule has 5 rings (SSSR count). The summed E-state index contributed by atoms with van der Waals surface area (Å²) < 4.78 is 53.1. The molecule has 27 heteroatoms. The minimum atomic E-state index is -5.65. The Kier molecular flexibility index (Phi) is 16.0. The van der Waals surface area contributed by atoms with Crippen LogP contribution in [0.25, 0.3) is 11.2 Å². The number of anilines is 1. The molecule has 0 saturated carbocycles. The van der Waals surface area contributed by atoms with Gasteiger partial charge in [-0.2, -0.15) is 20.4 Å². The number of nitrogens with zero attached hydrogens (tertiary/aromatic N) is 4. The van der Waals surface area contributed by atoms with E-state index in [0.717, 1.165) is 50.7 Å². The van der Waals surface area contributed by atoms with Crippen molar-refractivity contribution >= 4 is 64.2 Å². The van der Waals surface area contributed by atoms with Gasteiger partial charge in [-0.25, -0.2) is 33.4 Å². The number of carbonyl (C=O) groups excluding carboxylic acids is 1. The minimum absolute atomic E-state index is 0.0177. The molecule has 0 bridgehead atoms. The maximum Gasteiger partial charge on any atom is 0.490 e. The summed E-state index contributed by atoms with van der Waals surface area (Å²) in [7, 11) is -16.5. The number of imidazole rings is 1. The highest BCUT2D eigenvalue weighted by atomic mass is 32.2. The van der Waals surface area contributed by atoms with Gasteiger partial charge >= 0.3 is 35.5 Å². The normalized spacial score (nSPS) is 26.2. The molecule has 0 aliphatic carbocycles. The van der Waals surface area contributed by atoms with Gasteiger partial charge in [-0.15, -0.1) is 0 Å². The zero-order chi connectivity index (χ0) is 38.8. The van der Waals surface area contributed by atoms with Gasteiger partial charge in [0, 0.05) is 30.4 Å². The molecule has 23 nitrogen and oxygen atoms in total. The van der Waals surface area contributed by atoms with E-state index in [-0.39, 0.29) is 31.0 Å². The second-order valence-corrected chi connectivity index (χ2v) is 17.9. The molecule has 8 atom stereocenters. The van der Waals surface area contributed by atoms with E-state index >= 15 is 0 Å². The van der Waals surface area contributed by atoms with E-state index in [1.54, 1.807) is 0 Å². The van der Waals surface area contributed by atoms with E-state index in [1.165, 1.54) is 17.2 Å². The van der Waals surface area contributed by atoms with Gasteiger partial charge in [0.1, 0.15) is 18.7 Å². The number of phosphoric ester groups is 1. The van der Waals surface area contributed by atoms with Crippen LogP contribution in [0.2, 0.25) is 0 Å². The average molecular weight is 835 g/mol. The lowest BCUT2D eigenvalue weighted by atomic mass is 10.0. The maximum absolute atomic E-state index is 11.9. The molecule has 2 unspecified atom stereocenters. The number of aromatic nitrogens is 4. The molecule has 3 aliphatic rings. The van der Waals surface area contributed by atoms with Crippen molar-refractivity contribution in [2.75, 3.05) is 30.8 Å². The van der Waals surface area contributed by atoms with E-state index in [2.05, 4.69) is 44.0 Å². The van der Waals surface area contributed by atoms with Crippen molar-refractivity contribution in [2.45, 2.75) is 93.6 Å². The maximum atomic E-state index is 11.9. The fourth-order valence-electron chi connectivity index (χ4n) is 5.79. The van der Waals surface area contributed by atoms with Crippen LogP contribution in [0, 0.1) is 0 Å². The number of carboxylic acids is 1. The minimum Gasteiger partial charge on any atom is -0.481 e. The molecule has 2 aromatic heterocycles. The van der Waals surface area contributed by atoms with E-state index in [1.807, 2.05) is 11.8 Å². The number of rotatable bonds is 20. The number of carboxylic acid groups (broad SMARTS) is 1. The number of thioether (sulfide) groups is 1. The number of hydrogen-bond donors (Lipinski definition) is 10. The number of unbranched alkanes of at least 4 members (excludes halogenated alkanes) is 4. The predicted molar refractivity (Wildman–Crippen MR) is 187 cm³/mol. The van der Waals surface area contributed by atoms with Gasteiger partial charge in [-0.05, 0) is 32.2 Å². The summed E-state index contributed by atoms with van der Waals surface area (Å²) >= 11 is 1.87. The third-order valence-corrected chi connectivity index (χ3v) is 13.5. The number of nitrogens with two attached hydrogens (primary N) is 1. The van der Waals surface area contributed by atoms with Crippen molar-refractivity contribution in [1.82, 2.24) is 30.2 Å². The first kappa shape index (κ1) is 43.5. The number of ether oxygens (including phenoxy) is 1. The molecule has 0 aromatic carbocycles. The van der Waals surface area contributed by atoms with Gasteiger partial charge in [0.15, 0.2) is 17.0 Å². The fraction of sp³-hybridized carbons (Fsp3) is 0.731. The van der Waals surface area contributed by atoms with Gasteiger partial charge in [-0.1, -0.05) is 19.3 Å². The van der Waals surface area contributed by atoms with Crippen LogP contribution >= 0.6 is 35.2 Å². The number of hydrogen-bond acceptors (Lipinski definition) is 16. The SMILES string of the molecule is NCCCCCCNc1ncnc2c1ncn2[C@H]1C[C@H](O)[C@@H](COP(=O)(O)OP(=O)(O)OP(=O)(O)O)O1.O=C(O)CCCC[C@@H]1SC[C@@H]2NC(=O)N[C@@H]21. The Morgan fingerprint density at radius 1 is 1.04 bits per heavy atom. The van der Waals surface area contributed by atoms with Crippen LogP contribution in [-0.4, -0.2) is 116 Å². The predicted octanol–water partition coefficient (Wildman–Crippen LogP) is 1.55. The van der Waals surface area contributed by atoms with Crippen molar-refractivity contribution in [3.63, 3.8) is 0 Å². The largest absolute Gasteiger partial charge is 0.490 e. The Morgan fingerprint density at radius 2 is 1.79 bits per heavy atom. The number of carbonyl (C=O) groups is 2. The molecule has 2 amide bonds. The lowest BCUT2D eigenvalue weighted by molar-refractivity contribution is -0.137. The first-order valence-corrected chi connectivity index (χ1v) is 22.2. The quantitative estimate of drug-likeness (QED) is 0.0514. The summed E-state index contributed by atoms with van der Waals surface area (Å²) in [5.74, 6) is 0.755. The lowest BCUT2D eigenvalue weighted by Gasteiger charge is -2.19. The third-order valence-electron chi connectivity index (χ3n) is 8.18. The monoisotopic (exact) mass is 834 g/mol. The van der Waals surface area contributed by atoms with E-state index in [4.69, 9.17) is 25.4 Å². The molecule has 3 aliphatic heterocycles. The molecule has 53 heavy (non-hydrogen) atoms. The average Bonchev–Trinajstić information content (AvgIpc) is 3.82. The van der Waals surface area contributed by atoms with Gasteiger partial charge in [0.2, 0.25) is 0 Å². The Hall–Kier alpha value is -2.27. The highest BCUT2D eigenvalue weighted by Crippen LogP contribution is 2.66. The van der Waals surface area contributed by atoms with Crippen LogP contribution in [0.1, 0.15) is 64.0 Å². The summed E-state index contributed by atoms with van der Waals surface area (Å²) in [4.78, 5) is 70.2. The molecule has 11 N–H and O–H groups in total. The molecule has 5 heterocycles. The summed E-state index contributed by atoms with van der Waals surface area (Å²) in [5.41, 5.74) is 6.37. The standard InChI is InChI=1S/C16H29N6O12P3.C10H16N2O3S/c17-5-3-1-2-4-6-18-15-14-16(20-9-19-15)22(10-21-14)13-7-11(23)12(32-13)8-31-36(27,28)34-37(29,30)33-35(24,25)26;13-8(14)4-2-1-3-7-9-6(5-16-7)11-10(15)12-9/h9-13,23H,1-8,17H2,(H,27,28)(H,29,30)(H,18,19,20)(H2,24,25,26);6-7,9H,1-5H2,(H,13,14)(H2,11,12,15)/t11-,12+,13+;6-,7-,9-/m00/s1. The second-order valence-electron chi connectivity index (χ2n) is 12.3. The van der Waals surface area contributed by atoms with E-state index in [0.29, 0.717) is 35.3 Å². The first-order chi connectivity index (χ1) is 25.0. The van der Waals surface area contributed by atoms with E-state index < -0.39 is 54.5 Å². The number of amides is 2. The molecular weight excluding hydrogens is 789 g/mol. The number of phosphoric acid groups is 3. The van der Waals surface area contributed by atoms with Gasteiger partial charge in [0.25, 0.3) is 0 Å². The molecule has 2 aromatic rings. The van der Waals surface area contributed by atoms with Gasteiger partial charge < -0.3 is 56.2 Å². The Morgan fingerprint density at radius 3 is 2.51 bits per heavy atom. The smallest absolute Gasteiger partial charge is 0.481 e. The molecular formula is C26H45N8O15P3S. The van der Waals surface area contributed by atoms with Gasteiger partial charge in [0.05, 0.1) is 31.1 Å². The number of aliphatic hydroxyl groups excluding tert-OH is 1. The highest BCUT2D eigenvalue weighted by molar-refractivity contribution is 8.00. The highest BCUT2D eigenvalue weighted by Gasteiger charge is 2.44. The number of aliphatic carboxylic acids is 1. The molecule has 3 saturated heterocycles. The van der Waals surface area contributed by atoms with Crippen LogP contribution in [0.15, 0.2) is 12.7 Å². The molecule has 300 valence electrons. The second kappa shape index (κ2) is 19.5. The van der Waals surface area contributed by atoms with Crippen LogP contribution in [-0.2, 0) is 36.4 Å². The van der Waals surface area contributed by atoms with E-state index in [9.17, 15) is 38.2 Å². The topological polar surface area (TPSA) is 349 Å². The zero-order valence-corrected chi connectivity index (χ0v) is 31.8. The number of aliphatic hydroxyl groups is 1. The number of fused-ring (bicyclic) bond motifs is 2. The number of urea groups is 1. The first-order valence-electron chi connectivity index (χ1n) is 16.6. The Bertz CT molecular complexity index is 1690. The fourth-order valence-corrected chi connectivity index (χ4v) is 10.4. The summed E-state index contributed by atoms with van der Waals surface area (Å²) in [6, 6.07) is 0.440. The van der Waals surface area contributed by atoms with Crippen LogP contribution < -0.4 is 21.7 Å². The molecule has 3 fully saturated rings. The van der Waals surface area contributed by atoms with Crippen molar-refractivity contribution < 1.29 is 71.0 Å². The van der Waals surface area contributed by atoms with Crippen LogP contribution in [0.4, 0.5) is 10.6 Å². The van der Waals surface area contributed by atoms with Crippen molar-refractivity contribution in [2.24, 2.45) is 5.73 Å². The lowest BCUT2D eigenvalue weighted by Crippen LogP contribution is -2.36. The van der Waals surface area contributed by atoms with Crippen LogP contribution in [0.3, 0.4) is 0 Å². The summed E-state index contributed by atoms with van der Waals surface area (Å²) in [6.07, 6.45) is 6.45. The summed E-state index contributed by atoms with van der Waals surface area (Å²) in [5, 5.41) is 28.3. The third kappa shape index (κ3) is 13.8. The van der Waals surface area contributed by atoms with Crippen molar-refractivity contribution in [1.29, 1.82) is 0 Å². The van der Waals surface area contributed by atoms with Crippen molar-refractivity contribution in [3.05, 3.63) is 12.7 Å².